The van der Waals surface area contributed by atoms with Crippen molar-refractivity contribution in [1.82, 2.24) is 0 Å². The molecule has 0 saturated carbocycles. The number of hydrogen-bond acceptors (Lipinski definition) is 1. The monoisotopic (exact) mass is 209 g/mol. The predicted molar refractivity (Wildman–Crippen MR) is 48.5 cm³/mol. The first-order valence-electron chi connectivity index (χ1n) is 3.38. The van der Waals surface area contributed by atoms with Gasteiger partial charge in [0, 0.05) is 4.83 Å². The molecule has 0 aromatic heterocycles. The fourth-order valence-corrected chi connectivity index (χ4v) is 1.13. The Labute approximate surface area is 74.8 Å². The molecule has 0 N–H and O–H groups in total. The molecule has 1 aromatic carbocycles. The van der Waals surface area contributed by atoms with Gasteiger partial charge in [0.1, 0.15) is 0 Å². The van der Waals surface area contributed by atoms with Crippen LogP contribution in [0.4, 0.5) is 0 Å². The first-order valence-corrected chi connectivity index (χ1v) is 4.29. The highest BCUT2D eigenvalue weighted by molar-refractivity contribution is 9.09. The Morgan fingerprint density at radius 1 is 1.36 bits per heavy atom. The average molecular weight is 210 g/mol. The molecule has 0 amide bonds. The zero-order valence-corrected chi connectivity index (χ0v) is 7.80. The first-order chi connectivity index (χ1) is 5.24. The van der Waals surface area contributed by atoms with Crippen molar-refractivity contribution in [2.24, 2.45) is 0 Å². The highest BCUT2D eigenvalue weighted by Crippen LogP contribution is 2.21. The maximum absolute atomic E-state index is 8.51. The van der Waals surface area contributed by atoms with Crippen molar-refractivity contribution in [3.05, 3.63) is 35.4 Å². The van der Waals surface area contributed by atoms with Gasteiger partial charge in [-0.3, -0.25) is 0 Å². The minimum absolute atomic E-state index is 0.357. The maximum Gasteiger partial charge on any atom is 0.0991 e. The number of benzene rings is 1. The van der Waals surface area contributed by atoms with E-state index in [1.807, 2.05) is 24.3 Å². The molecule has 11 heavy (non-hydrogen) atoms. The summed E-state index contributed by atoms with van der Waals surface area (Å²) in [6.45, 7) is 2.06. The van der Waals surface area contributed by atoms with Crippen molar-refractivity contribution in [2.45, 2.75) is 11.8 Å². The van der Waals surface area contributed by atoms with E-state index >= 15 is 0 Å². The van der Waals surface area contributed by atoms with Crippen LogP contribution in [0.5, 0.6) is 0 Å². The summed E-state index contributed by atoms with van der Waals surface area (Å²) in [4.78, 5) is 0.357. The number of hydrogen-bond donors (Lipinski definition) is 0. The number of rotatable bonds is 1. The molecule has 0 unspecified atom stereocenters. The summed E-state index contributed by atoms with van der Waals surface area (Å²) < 4.78 is 0. The van der Waals surface area contributed by atoms with E-state index in [2.05, 4.69) is 28.9 Å². The van der Waals surface area contributed by atoms with Gasteiger partial charge in [-0.25, -0.2) is 0 Å². The zero-order chi connectivity index (χ0) is 8.27. The van der Waals surface area contributed by atoms with Gasteiger partial charge in [0.15, 0.2) is 0 Å². The third-order valence-corrected chi connectivity index (χ3v) is 2.03. The largest absolute Gasteiger partial charge is 0.192 e. The molecule has 1 aromatic rings. The van der Waals surface area contributed by atoms with Crippen LogP contribution in [0.1, 0.15) is 22.9 Å². The molecule has 0 radical (unpaired) electrons. The molecule has 0 bridgehead atoms. The lowest BCUT2D eigenvalue weighted by molar-refractivity contribution is 1.12. The molecule has 0 saturated heterocycles. The van der Waals surface area contributed by atoms with Crippen molar-refractivity contribution in [2.75, 3.05) is 0 Å². The van der Waals surface area contributed by atoms with E-state index < -0.39 is 0 Å². The van der Waals surface area contributed by atoms with Crippen molar-refractivity contribution < 1.29 is 0 Å². The smallest absolute Gasteiger partial charge is 0.0991 e. The minimum atomic E-state index is 0.357. The summed E-state index contributed by atoms with van der Waals surface area (Å²) >= 11 is 3.45. The summed E-state index contributed by atoms with van der Waals surface area (Å²) in [7, 11) is 0. The van der Waals surface area contributed by atoms with Crippen LogP contribution in [0.3, 0.4) is 0 Å². The van der Waals surface area contributed by atoms with Gasteiger partial charge in [-0.2, -0.15) is 5.26 Å². The number of nitriles is 1. The summed E-state index contributed by atoms with van der Waals surface area (Å²) in [6.07, 6.45) is 0. The lowest BCUT2D eigenvalue weighted by atomic mass is 10.1. The SMILES string of the molecule is C[C@H](Br)c1ccc(C#N)cc1. The van der Waals surface area contributed by atoms with E-state index in [9.17, 15) is 0 Å². The fourth-order valence-electron chi connectivity index (χ4n) is 0.823. The molecule has 0 spiro atoms. The third-order valence-electron chi connectivity index (χ3n) is 1.50. The third kappa shape index (κ3) is 2.06. The molecule has 56 valence electrons. The van der Waals surface area contributed by atoms with Crippen LogP contribution in [-0.4, -0.2) is 0 Å². The van der Waals surface area contributed by atoms with E-state index in [4.69, 9.17) is 5.26 Å². The van der Waals surface area contributed by atoms with Gasteiger partial charge in [0.2, 0.25) is 0 Å². The van der Waals surface area contributed by atoms with Crippen LogP contribution in [0.25, 0.3) is 0 Å². The Morgan fingerprint density at radius 2 is 1.91 bits per heavy atom. The standard InChI is InChI=1S/C9H8BrN/c1-7(10)9-4-2-8(6-11)3-5-9/h2-5,7H,1H3/t7-/m0/s1. The van der Waals surface area contributed by atoms with Gasteiger partial charge in [0.05, 0.1) is 11.6 Å². The lowest BCUT2D eigenvalue weighted by Gasteiger charge is -2.01. The summed E-state index contributed by atoms with van der Waals surface area (Å²) in [6, 6.07) is 9.64. The van der Waals surface area contributed by atoms with E-state index in [0.717, 1.165) is 0 Å². The van der Waals surface area contributed by atoms with E-state index in [-0.39, 0.29) is 0 Å². The summed E-state index contributed by atoms with van der Waals surface area (Å²) in [5.74, 6) is 0. The highest BCUT2D eigenvalue weighted by atomic mass is 79.9. The van der Waals surface area contributed by atoms with Crippen molar-refractivity contribution in [3.63, 3.8) is 0 Å². The fraction of sp³-hybridized carbons (Fsp3) is 0.222. The Hall–Kier alpha value is -0.810. The van der Waals surface area contributed by atoms with Gasteiger partial charge < -0.3 is 0 Å². The van der Waals surface area contributed by atoms with Gasteiger partial charge in [-0.15, -0.1) is 0 Å². The lowest BCUT2D eigenvalue weighted by Crippen LogP contribution is -1.82. The molecule has 0 aliphatic heterocycles. The van der Waals surface area contributed by atoms with Crippen molar-refractivity contribution in [3.8, 4) is 6.07 Å². The predicted octanol–water partition coefficient (Wildman–Crippen LogP) is 3.01. The molecule has 1 nitrogen and oxygen atoms in total. The van der Waals surface area contributed by atoms with E-state index in [0.29, 0.717) is 10.4 Å². The molecule has 2 heteroatoms. The Morgan fingerprint density at radius 3 is 2.27 bits per heavy atom. The zero-order valence-electron chi connectivity index (χ0n) is 6.21. The van der Waals surface area contributed by atoms with Crippen molar-refractivity contribution >= 4 is 15.9 Å². The first kappa shape index (κ1) is 8.29. The Bertz CT molecular complexity index is 269. The second-order valence-electron chi connectivity index (χ2n) is 2.35. The van der Waals surface area contributed by atoms with Crippen LogP contribution in [0, 0.1) is 11.3 Å². The van der Waals surface area contributed by atoms with Gasteiger partial charge in [-0.05, 0) is 24.6 Å². The van der Waals surface area contributed by atoms with E-state index in [1.54, 1.807) is 0 Å². The number of nitrogens with zero attached hydrogens (tertiary/aromatic N) is 1. The Balaban J connectivity index is 2.94. The van der Waals surface area contributed by atoms with Crippen LogP contribution < -0.4 is 0 Å². The molecule has 1 rings (SSSR count). The summed E-state index contributed by atoms with van der Waals surface area (Å²) in [5, 5.41) is 8.51. The average Bonchev–Trinajstić information content (AvgIpc) is 2.05. The molecule has 0 fully saturated rings. The number of halogens is 1. The molecule has 0 heterocycles. The topological polar surface area (TPSA) is 23.8 Å². The van der Waals surface area contributed by atoms with Crippen LogP contribution in [0.2, 0.25) is 0 Å². The molecule has 1 atom stereocenters. The van der Waals surface area contributed by atoms with Gasteiger partial charge >= 0.3 is 0 Å². The molecular formula is C9H8BrN. The summed E-state index contributed by atoms with van der Waals surface area (Å²) in [5.41, 5.74) is 1.91. The van der Waals surface area contributed by atoms with Crippen LogP contribution in [0.15, 0.2) is 24.3 Å². The van der Waals surface area contributed by atoms with E-state index in [1.165, 1.54) is 5.56 Å². The van der Waals surface area contributed by atoms with Gasteiger partial charge in [-0.1, -0.05) is 28.1 Å². The normalized spacial score (nSPS) is 12.1. The van der Waals surface area contributed by atoms with Crippen molar-refractivity contribution in [1.29, 1.82) is 5.26 Å². The van der Waals surface area contributed by atoms with Crippen LogP contribution in [-0.2, 0) is 0 Å². The van der Waals surface area contributed by atoms with Crippen LogP contribution >= 0.6 is 15.9 Å². The highest BCUT2D eigenvalue weighted by Gasteiger charge is 1.98. The Kier molecular flexibility index (Phi) is 2.67. The molecule has 0 aliphatic rings. The minimum Gasteiger partial charge on any atom is -0.192 e. The molecule has 0 aliphatic carbocycles. The molecular weight excluding hydrogens is 202 g/mol. The second kappa shape index (κ2) is 3.54. The maximum atomic E-state index is 8.51. The second-order valence-corrected chi connectivity index (χ2v) is 3.72. The number of alkyl halides is 1. The van der Waals surface area contributed by atoms with Gasteiger partial charge in [0.25, 0.3) is 0 Å². The quantitative estimate of drug-likeness (QED) is 0.653.